The fourth-order valence-electron chi connectivity index (χ4n) is 2.68. The molecular weight excluding hydrogens is 332 g/mol. The Kier molecular flexibility index (Phi) is 5.28. The summed E-state index contributed by atoms with van der Waals surface area (Å²) in [5, 5.41) is 3.56. The molecule has 0 aliphatic carbocycles. The van der Waals surface area contributed by atoms with Gasteiger partial charge in [0.25, 0.3) is 0 Å². The largest absolute Gasteiger partial charge is 0.323 e. The van der Waals surface area contributed by atoms with Gasteiger partial charge in [-0.3, -0.25) is 4.79 Å². The molecular formula is C19H22N4OS. The summed E-state index contributed by atoms with van der Waals surface area (Å²) in [5.74, 6) is 1.09. The number of nitrogens with zero attached hydrogens (tertiary/aromatic N) is 3. The molecule has 25 heavy (non-hydrogen) atoms. The van der Waals surface area contributed by atoms with E-state index in [0.29, 0.717) is 5.13 Å². The molecule has 0 spiro atoms. The van der Waals surface area contributed by atoms with Crippen LogP contribution in [0, 0.1) is 0 Å². The zero-order valence-electron chi connectivity index (χ0n) is 14.6. The van der Waals surface area contributed by atoms with Gasteiger partial charge in [-0.1, -0.05) is 44.2 Å². The number of carbonyl (C=O) groups is 1. The van der Waals surface area contributed by atoms with E-state index in [1.165, 1.54) is 16.9 Å². The highest BCUT2D eigenvalue weighted by atomic mass is 32.1. The number of carbonyl (C=O) groups excluding carboxylic acids is 1. The Balaban J connectivity index is 1.66. The third-order valence-corrected chi connectivity index (χ3v) is 4.93. The smallest absolute Gasteiger partial charge is 0.248 e. The summed E-state index contributed by atoms with van der Waals surface area (Å²) >= 11 is 1.51. The highest BCUT2D eigenvalue weighted by Gasteiger charge is 2.20. The van der Waals surface area contributed by atoms with Crippen LogP contribution < -0.4 is 5.32 Å². The fraction of sp³-hybridized carbons (Fsp3) is 0.316. The number of rotatable bonds is 6. The Bertz CT molecular complexity index is 838. The molecule has 130 valence electrons. The van der Waals surface area contributed by atoms with Crippen LogP contribution in [0.15, 0.2) is 48.9 Å². The van der Waals surface area contributed by atoms with Crippen LogP contribution >= 0.6 is 11.3 Å². The molecule has 2 heterocycles. The number of thiazole rings is 1. The van der Waals surface area contributed by atoms with Crippen molar-refractivity contribution in [2.24, 2.45) is 0 Å². The van der Waals surface area contributed by atoms with Gasteiger partial charge in [0, 0.05) is 35.8 Å². The molecule has 0 aliphatic rings. The predicted molar refractivity (Wildman–Crippen MR) is 101 cm³/mol. The highest BCUT2D eigenvalue weighted by Crippen LogP contribution is 2.23. The summed E-state index contributed by atoms with van der Waals surface area (Å²) in [6.07, 6.45) is 6.24. The second-order valence-corrected chi connectivity index (χ2v) is 7.42. The first-order valence-electron chi connectivity index (χ1n) is 8.37. The van der Waals surface area contributed by atoms with E-state index < -0.39 is 0 Å². The second-order valence-electron chi connectivity index (χ2n) is 6.31. The third kappa shape index (κ3) is 4.14. The first-order valence-corrected chi connectivity index (χ1v) is 9.18. The quantitative estimate of drug-likeness (QED) is 0.720. The van der Waals surface area contributed by atoms with Crippen LogP contribution in [0.5, 0.6) is 0 Å². The lowest BCUT2D eigenvalue weighted by Gasteiger charge is -2.16. The molecule has 0 saturated heterocycles. The SMILES string of the molecule is CC(C)c1nccn1[C@@H](C)C(=O)Nc1ncc(Cc2ccccc2)s1. The van der Waals surface area contributed by atoms with Gasteiger partial charge in [0.1, 0.15) is 11.9 Å². The van der Waals surface area contributed by atoms with Crippen LogP contribution in [0.1, 0.15) is 49.0 Å². The maximum absolute atomic E-state index is 12.6. The van der Waals surface area contributed by atoms with Crippen molar-refractivity contribution in [3.05, 3.63) is 65.2 Å². The summed E-state index contributed by atoms with van der Waals surface area (Å²) < 4.78 is 1.92. The molecule has 6 heteroatoms. The molecule has 1 aromatic carbocycles. The zero-order chi connectivity index (χ0) is 17.8. The predicted octanol–water partition coefficient (Wildman–Crippen LogP) is 4.25. The van der Waals surface area contributed by atoms with Crippen molar-refractivity contribution >= 4 is 22.4 Å². The van der Waals surface area contributed by atoms with Gasteiger partial charge in [-0.15, -0.1) is 11.3 Å². The first-order chi connectivity index (χ1) is 12.0. The van der Waals surface area contributed by atoms with Crippen molar-refractivity contribution in [3.8, 4) is 0 Å². The molecule has 0 bridgehead atoms. The monoisotopic (exact) mass is 354 g/mol. The highest BCUT2D eigenvalue weighted by molar-refractivity contribution is 7.15. The average molecular weight is 354 g/mol. The Morgan fingerprint density at radius 1 is 1.20 bits per heavy atom. The number of nitrogens with one attached hydrogen (secondary N) is 1. The van der Waals surface area contributed by atoms with Crippen LogP contribution in [-0.2, 0) is 11.2 Å². The summed E-state index contributed by atoms with van der Waals surface area (Å²) in [6, 6.07) is 9.90. The van der Waals surface area contributed by atoms with Gasteiger partial charge in [-0.05, 0) is 12.5 Å². The minimum atomic E-state index is -0.332. The van der Waals surface area contributed by atoms with Gasteiger partial charge in [0.05, 0.1) is 0 Å². The van der Waals surface area contributed by atoms with Crippen molar-refractivity contribution in [2.45, 2.75) is 39.2 Å². The van der Waals surface area contributed by atoms with Gasteiger partial charge in [-0.2, -0.15) is 0 Å². The fourth-order valence-corrected chi connectivity index (χ4v) is 3.53. The molecule has 0 aliphatic heterocycles. The molecule has 1 atom stereocenters. The van der Waals surface area contributed by atoms with E-state index >= 15 is 0 Å². The van der Waals surface area contributed by atoms with Gasteiger partial charge in [-0.25, -0.2) is 9.97 Å². The summed E-state index contributed by atoms with van der Waals surface area (Å²) in [5.41, 5.74) is 1.23. The van der Waals surface area contributed by atoms with Crippen LogP contribution in [-0.4, -0.2) is 20.4 Å². The number of anilines is 1. The van der Waals surface area contributed by atoms with E-state index in [4.69, 9.17) is 0 Å². The van der Waals surface area contributed by atoms with Crippen molar-refractivity contribution < 1.29 is 4.79 Å². The zero-order valence-corrected chi connectivity index (χ0v) is 15.5. The minimum absolute atomic E-state index is 0.0829. The number of aromatic nitrogens is 3. The molecule has 3 rings (SSSR count). The lowest BCUT2D eigenvalue weighted by molar-refractivity contribution is -0.118. The minimum Gasteiger partial charge on any atom is -0.323 e. The lowest BCUT2D eigenvalue weighted by Crippen LogP contribution is -2.24. The van der Waals surface area contributed by atoms with Gasteiger partial charge >= 0.3 is 0 Å². The molecule has 2 aromatic heterocycles. The van der Waals surface area contributed by atoms with E-state index in [0.717, 1.165) is 17.1 Å². The van der Waals surface area contributed by atoms with E-state index in [1.54, 1.807) is 6.20 Å². The normalized spacial score (nSPS) is 12.3. The molecule has 3 aromatic rings. The summed E-state index contributed by atoms with van der Waals surface area (Å²) in [6.45, 7) is 6.02. The maximum atomic E-state index is 12.6. The molecule has 0 saturated carbocycles. The van der Waals surface area contributed by atoms with Gasteiger partial charge in [0.15, 0.2) is 5.13 Å². The van der Waals surface area contributed by atoms with Crippen molar-refractivity contribution in [3.63, 3.8) is 0 Å². The lowest BCUT2D eigenvalue weighted by atomic mass is 10.1. The topological polar surface area (TPSA) is 59.8 Å². The summed E-state index contributed by atoms with van der Waals surface area (Å²) in [4.78, 5) is 22.4. The van der Waals surface area contributed by atoms with Crippen LogP contribution in [0.25, 0.3) is 0 Å². The number of benzene rings is 1. The molecule has 1 N–H and O–H groups in total. The first kappa shape index (κ1) is 17.4. The molecule has 0 fully saturated rings. The van der Waals surface area contributed by atoms with E-state index in [9.17, 15) is 4.79 Å². The molecule has 1 amide bonds. The molecule has 5 nitrogen and oxygen atoms in total. The summed E-state index contributed by atoms with van der Waals surface area (Å²) in [7, 11) is 0. The average Bonchev–Trinajstić information content (AvgIpc) is 3.24. The Morgan fingerprint density at radius 2 is 1.96 bits per heavy atom. The molecule has 0 unspecified atom stereocenters. The second kappa shape index (κ2) is 7.61. The van der Waals surface area contributed by atoms with E-state index in [-0.39, 0.29) is 17.9 Å². The Hall–Kier alpha value is -2.47. The van der Waals surface area contributed by atoms with E-state index in [2.05, 4.69) is 41.3 Å². The Labute approximate surface area is 151 Å². The maximum Gasteiger partial charge on any atom is 0.248 e. The van der Waals surface area contributed by atoms with Crippen LogP contribution in [0.4, 0.5) is 5.13 Å². The van der Waals surface area contributed by atoms with Crippen molar-refractivity contribution in [1.82, 2.24) is 14.5 Å². The van der Waals surface area contributed by atoms with Crippen LogP contribution in [0.2, 0.25) is 0 Å². The third-order valence-electron chi connectivity index (χ3n) is 4.02. The number of imidazole rings is 1. The van der Waals surface area contributed by atoms with Gasteiger partial charge in [0.2, 0.25) is 5.91 Å². The van der Waals surface area contributed by atoms with Crippen LogP contribution in [0.3, 0.4) is 0 Å². The van der Waals surface area contributed by atoms with E-state index in [1.807, 2.05) is 42.1 Å². The van der Waals surface area contributed by atoms with Gasteiger partial charge < -0.3 is 9.88 Å². The number of amides is 1. The standard InChI is InChI=1S/C19H22N4OS/c1-13(2)17-20-9-10-23(17)14(3)18(24)22-19-21-12-16(25-19)11-15-7-5-4-6-8-15/h4-10,12-14H,11H2,1-3H3,(H,21,22,24)/t14-/m0/s1. The van der Waals surface area contributed by atoms with Crippen molar-refractivity contribution in [2.75, 3.05) is 5.32 Å². The van der Waals surface area contributed by atoms with Crippen molar-refractivity contribution in [1.29, 1.82) is 0 Å². The molecule has 0 radical (unpaired) electrons. The Morgan fingerprint density at radius 3 is 2.68 bits per heavy atom. The number of hydrogen-bond acceptors (Lipinski definition) is 4. The number of hydrogen-bond donors (Lipinski definition) is 1.